The molecule has 3 unspecified atom stereocenters. The van der Waals surface area contributed by atoms with Crippen molar-refractivity contribution in [3.8, 4) is 5.75 Å². The fraction of sp³-hybridized carbons (Fsp3) is 0.440. The number of aromatic hydroxyl groups is 1. The SMILES string of the molecule is CC(=O)OCC1OC(c2cc(Cc3cccs3)ccc2O)[C@H](OC(C)=O)C(OC(C)=O)[C@@H]1OC(C)=O. The Hall–Kier alpha value is -3.44. The standard InChI is InChI=1S/C25H28O10S/c1-13(26)31-12-21-23(32-14(2)27)25(34-16(4)29)24(33-15(3)28)22(35-21)19-11-17(7-8-20(19)30)10-18-6-5-9-36-18/h5-9,11,21-25,30H,10,12H2,1-4H3/t21?,22?,23-,24+,25?/m1/s1. The first-order chi connectivity index (χ1) is 17.0. The molecule has 1 N–H and O–H groups in total. The minimum atomic E-state index is -1.31. The van der Waals surface area contributed by atoms with E-state index in [-0.39, 0.29) is 17.9 Å². The highest BCUT2D eigenvalue weighted by atomic mass is 32.1. The molecule has 1 fully saturated rings. The maximum absolute atomic E-state index is 12.1. The Labute approximate surface area is 212 Å². The molecule has 1 aliphatic rings. The lowest BCUT2D eigenvalue weighted by atomic mass is 9.89. The highest BCUT2D eigenvalue weighted by Gasteiger charge is 2.53. The largest absolute Gasteiger partial charge is 0.508 e. The molecule has 36 heavy (non-hydrogen) atoms. The van der Waals surface area contributed by atoms with Crippen molar-refractivity contribution in [1.82, 2.24) is 0 Å². The maximum atomic E-state index is 12.1. The topological polar surface area (TPSA) is 135 Å². The summed E-state index contributed by atoms with van der Waals surface area (Å²) in [6.45, 7) is 4.33. The summed E-state index contributed by atoms with van der Waals surface area (Å²) in [4.78, 5) is 48.5. The summed E-state index contributed by atoms with van der Waals surface area (Å²) in [5.41, 5.74) is 1.11. The Morgan fingerprint density at radius 3 is 2.11 bits per heavy atom. The van der Waals surface area contributed by atoms with Crippen molar-refractivity contribution in [3.05, 3.63) is 51.7 Å². The summed E-state index contributed by atoms with van der Waals surface area (Å²) in [6, 6.07) is 8.86. The number of phenolic OH excluding ortho intramolecular Hbond substituents is 1. The van der Waals surface area contributed by atoms with Gasteiger partial charge in [-0.25, -0.2) is 0 Å². The van der Waals surface area contributed by atoms with Crippen LogP contribution in [0.15, 0.2) is 35.7 Å². The van der Waals surface area contributed by atoms with Crippen LogP contribution in [0.4, 0.5) is 0 Å². The molecule has 0 radical (unpaired) electrons. The zero-order valence-electron chi connectivity index (χ0n) is 20.3. The molecule has 0 bridgehead atoms. The predicted molar refractivity (Wildman–Crippen MR) is 126 cm³/mol. The molecule has 1 aromatic heterocycles. The molecule has 1 aliphatic heterocycles. The number of ether oxygens (including phenoxy) is 5. The first kappa shape index (κ1) is 27.2. The molecule has 0 spiro atoms. The Kier molecular flexibility index (Phi) is 9.05. The lowest BCUT2D eigenvalue weighted by Crippen LogP contribution is -2.59. The Balaban J connectivity index is 2.08. The number of phenols is 1. The summed E-state index contributed by atoms with van der Waals surface area (Å²) >= 11 is 1.58. The van der Waals surface area contributed by atoms with Crippen molar-refractivity contribution in [2.45, 2.75) is 64.6 Å². The monoisotopic (exact) mass is 520 g/mol. The van der Waals surface area contributed by atoms with Crippen molar-refractivity contribution in [1.29, 1.82) is 0 Å². The number of carbonyl (C=O) groups excluding carboxylic acids is 4. The first-order valence-corrected chi connectivity index (χ1v) is 12.1. The first-order valence-electron chi connectivity index (χ1n) is 11.2. The number of esters is 4. The third kappa shape index (κ3) is 7.05. The number of benzene rings is 1. The van der Waals surface area contributed by atoms with E-state index in [0.29, 0.717) is 6.42 Å². The van der Waals surface area contributed by atoms with Crippen LogP contribution >= 0.6 is 11.3 Å². The van der Waals surface area contributed by atoms with Gasteiger partial charge in [-0.1, -0.05) is 12.1 Å². The fourth-order valence-electron chi connectivity index (χ4n) is 4.03. The van der Waals surface area contributed by atoms with E-state index >= 15 is 0 Å². The van der Waals surface area contributed by atoms with Crippen molar-refractivity contribution in [2.75, 3.05) is 6.61 Å². The van der Waals surface area contributed by atoms with E-state index in [0.717, 1.165) is 24.3 Å². The Morgan fingerprint density at radius 1 is 0.889 bits per heavy atom. The van der Waals surface area contributed by atoms with E-state index < -0.39 is 54.4 Å². The van der Waals surface area contributed by atoms with Crippen molar-refractivity contribution in [3.63, 3.8) is 0 Å². The van der Waals surface area contributed by atoms with Crippen LogP contribution in [0.3, 0.4) is 0 Å². The average Bonchev–Trinajstić information content (AvgIpc) is 3.29. The molecular weight excluding hydrogens is 492 g/mol. The van der Waals surface area contributed by atoms with Crippen LogP contribution in [0, 0.1) is 0 Å². The second-order valence-electron chi connectivity index (χ2n) is 8.27. The number of thiophene rings is 1. The summed E-state index contributed by atoms with van der Waals surface area (Å²) in [5.74, 6) is -2.90. The molecule has 0 amide bonds. The summed E-state index contributed by atoms with van der Waals surface area (Å²) in [7, 11) is 0. The van der Waals surface area contributed by atoms with E-state index in [4.69, 9.17) is 23.7 Å². The van der Waals surface area contributed by atoms with Crippen LogP contribution in [0.5, 0.6) is 5.75 Å². The van der Waals surface area contributed by atoms with Crippen LogP contribution in [0.2, 0.25) is 0 Å². The van der Waals surface area contributed by atoms with Gasteiger partial charge in [-0.15, -0.1) is 11.3 Å². The summed E-state index contributed by atoms with van der Waals surface area (Å²) < 4.78 is 27.6. The van der Waals surface area contributed by atoms with Gasteiger partial charge in [-0.2, -0.15) is 0 Å². The molecule has 1 saturated heterocycles. The minimum absolute atomic E-state index is 0.147. The van der Waals surface area contributed by atoms with Gasteiger partial charge in [0.1, 0.15) is 24.6 Å². The third-order valence-corrected chi connectivity index (χ3v) is 6.22. The van der Waals surface area contributed by atoms with Crippen LogP contribution in [-0.2, 0) is 49.3 Å². The lowest BCUT2D eigenvalue weighted by molar-refractivity contribution is -0.254. The Morgan fingerprint density at radius 2 is 1.53 bits per heavy atom. The van der Waals surface area contributed by atoms with Gasteiger partial charge in [-0.05, 0) is 29.1 Å². The fourth-order valence-corrected chi connectivity index (χ4v) is 4.77. The molecule has 0 saturated carbocycles. The zero-order chi connectivity index (χ0) is 26.4. The second kappa shape index (κ2) is 12.0. The number of rotatable bonds is 8. The average molecular weight is 521 g/mol. The van der Waals surface area contributed by atoms with Crippen LogP contribution < -0.4 is 0 Å². The van der Waals surface area contributed by atoms with Gasteiger partial charge in [0.25, 0.3) is 0 Å². The van der Waals surface area contributed by atoms with Gasteiger partial charge in [-0.3, -0.25) is 19.2 Å². The molecule has 5 atom stereocenters. The molecule has 194 valence electrons. The Bertz CT molecular complexity index is 1100. The van der Waals surface area contributed by atoms with Crippen molar-refractivity contribution in [2.24, 2.45) is 0 Å². The molecular formula is C25H28O10S. The summed E-state index contributed by atoms with van der Waals surface area (Å²) in [5, 5.41) is 12.7. The molecule has 1 aromatic carbocycles. The lowest BCUT2D eigenvalue weighted by Gasteiger charge is -2.44. The quantitative estimate of drug-likeness (QED) is 0.409. The molecule has 0 aliphatic carbocycles. The van der Waals surface area contributed by atoms with E-state index in [1.807, 2.05) is 17.5 Å². The van der Waals surface area contributed by atoms with Gasteiger partial charge in [0.2, 0.25) is 0 Å². The van der Waals surface area contributed by atoms with E-state index in [1.54, 1.807) is 23.5 Å². The molecule has 3 rings (SSSR count). The van der Waals surface area contributed by atoms with Gasteiger partial charge >= 0.3 is 23.9 Å². The zero-order valence-corrected chi connectivity index (χ0v) is 21.1. The van der Waals surface area contributed by atoms with Crippen LogP contribution in [0.25, 0.3) is 0 Å². The minimum Gasteiger partial charge on any atom is -0.508 e. The molecule has 2 aromatic rings. The highest BCUT2D eigenvalue weighted by Crippen LogP contribution is 2.41. The number of hydrogen-bond acceptors (Lipinski definition) is 11. The molecule has 2 heterocycles. The van der Waals surface area contributed by atoms with E-state index in [1.165, 1.54) is 19.9 Å². The van der Waals surface area contributed by atoms with Gasteiger partial charge in [0.15, 0.2) is 18.3 Å². The maximum Gasteiger partial charge on any atom is 0.303 e. The predicted octanol–water partition coefficient (Wildman–Crippen LogP) is 2.84. The van der Waals surface area contributed by atoms with Crippen LogP contribution in [-0.4, -0.2) is 60.0 Å². The second-order valence-corrected chi connectivity index (χ2v) is 9.30. The number of hydrogen-bond donors (Lipinski definition) is 1. The van der Waals surface area contributed by atoms with Gasteiger partial charge in [0, 0.05) is 44.6 Å². The van der Waals surface area contributed by atoms with E-state index in [9.17, 15) is 24.3 Å². The van der Waals surface area contributed by atoms with Crippen molar-refractivity contribution >= 4 is 35.2 Å². The van der Waals surface area contributed by atoms with Crippen molar-refractivity contribution < 1.29 is 48.0 Å². The van der Waals surface area contributed by atoms with Gasteiger partial charge in [0.05, 0.1) is 0 Å². The van der Waals surface area contributed by atoms with Gasteiger partial charge < -0.3 is 28.8 Å². The molecule has 10 nitrogen and oxygen atoms in total. The smallest absolute Gasteiger partial charge is 0.303 e. The third-order valence-electron chi connectivity index (χ3n) is 5.35. The van der Waals surface area contributed by atoms with E-state index in [2.05, 4.69) is 0 Å². The number of carbonyl (C=O) groups is 4. The van der Waals surface area contributed by atoms with Crippen LogP contribution in [0.1, 0.15) is 49.8 Å². The highest BCUT2D eigenvalue weighted by molar-refractivity contribution is 7.09. The normalized spacial score (nSPS) is 23.4. The molecule has 11 heteroatoms. The summed E-state index contributed by atoms with van der Waals surface area (Å²) in [6.07, 6.45) is -5.52.